The lowest BCUT2D eigenvalue weighted by atomic mass is 9.80. The molecule has 3 aliphatic rings. The van der Waals surface area contributed by atoms with E-state index in [9.17, 15) is 19.7 Å². The van der Waals surface area contributed by atoms with Crippen molar-refractivity contribution in [3.8, 4) is 0 Å². The van der Waals surface area contributed by atoms with Crippen molar-refractivity contribution >= 4 is 34.5 Å². The molecular formula is C29H30N4O4S. The molecule has 2 fully saturated rings. The Morgan fingerprint density at radius 3 is 2.29 bits per heavy atom. The predicted molar refractivity (Wildman–Crippen MR) is 147 cm³/mol. The van der Waals surface area contributed by atoms with E-state index in [1.807, 2.05) is 45.5 Å². The quantitative estimate of drug-likeness (QED) is 0.333. The van der Waals surface area contributed by atoms with Crippen LogP contribution < -0.4 is 4.90 Å². The van der Waals surface area contributed by atoms with Crippen LogP contribution in [0.25, 0.3) is 0 Å². The molecule has 0 radical (unpaired) electrons. The first-order valence-corrected chi connectivity index (χ1v) is 14.1. The van der Waals surface area contributed by atoms with Crippen molar-refractivity contribution in [3.05, 3.63) is 92.2 Å². The van der Waals surface area contributed by atoms with Crippen LogP contribution in [0.1, 0.15) is 58.4 Å². The number of rotatable bonds is 5. The summed E-state index contributed by atoms with van der Waals surface area (Å²) in [7, 11) is 0. The van der Waals surface area contributed by atoms with Gasteiger partial charge >= 0.3 is 0 Å². The third kappa shape index (κ3) is 4.34. The van der Waals surface area contributed by atoms with Gasteiger partial charge in [0.05, 0.1) is 16.9 Å². The Kier molecular flexibility index (Phi) is 6.61. The van der Waals surface area contributed by atoms with Crippen LogP contribution in [0, 0.1) is 10.1 Å². The first-order valence-electron chi connectivity index (χ1n) is 13.3. The summed E-state index contributed by atoms with van der Waals surface area (Å²) in [6, 6.07) is 18.1. The number of anilines is 1. The number of carbonyl (C=O) groups is 2. The molecule has 1 saturated heterocycles. The van der Waals surface area contributed by atoms with E-state index in [0.717, 1.165) is 41.8 Å². The number of hydrogen-bond donors (Lipinski definition) is 0. The molecule has 3 aromatic rings. The smallest absolute Gasteiger partial charge is 0.269 e. The Bertz CT molecular complexity index is 1330. The molecule has 2 atom stereocenters. The van der Waals surface area contributed by atoms with E-state index in [4.69, 9.17) is 0 Å². The number of piperazine rings is 1. The first kappa shape index (κ1) is 24.6. The SMILES string of the molecule is O=C([C@H]1c2ccccc2C(=O)N(C2CCCC2)[C@H]1c1cccs1)N1CCN(c2ccc([N+](=O)[O-])cc2)CC1. The number of benzene rings is 2. The number of thiophene rings is 1. The molecule has 2 aliphatic heterocycles. The molecule has 2 aromatic carbocycles. The summed E-state index contributed by atoms with van der Waals surface area (Å²) >= 11 is 1.62. The van der Waals surface area contributed by atoms with Gasteiger partial charge in [-0.3, -0.25) is 19.7 Å². The van der Waals surface area contributed by atoms with Crippen LogP contribution in [0.3, 0.4) is 0 Å². The highest BCUT2D eigenvalue weighted by Gasteiger charge is 2.48. The molecule has 196 valence electrons. The second-order valence-corrected chi connectivity index (χ2v) is 11.2. The van der Waals surface area contributed by atoms with Gasteiger partial charge in [-0.25, -0.2) is 0 Å². The van der Waals surface area contributed by atoms with Gasteiger partial charge in [-0.15, -0.1) is 11.3 Å². The number of carbonyl (C=O) groups excluding carboxylic acids is 2. The summed E-state index contributed by atoms with van der Waals surface area (Å²) < 4.78 is 0. The van der Waals surface area contributed by atoms with Crippen LogP contribution in [0.4, 0.5) is 11.4 Å². The highest BCUT2D eigenvalue weighted by molar-refractivity contribution is 7.10. The van der Waals surface area contributed by atoms with Gasteiger partial charge in [-0.1, -0.05) is 37.1 Å². The molecule has 1 saturated carbocycles. The lowest BCUT2D eigenvalue weighted by Gasteiger charge is -2.46. The van der Waals surface area contributed by atoms with Gasteiger partial charge in [0.15, 0.2) is 0 Å². The molecule has 38 heavy (non-hydrogen) atoms. The Labute approximate surface area is 225 Å². The third-order valence-electron chi connectivity index (χ3n) is 8.21. The van der Waals surface area contributed by atoms with Gasteiger partial charge < -0.3 is 14.7 Å². The van der Waals surface area contributed by atoms with Crippen molar-refractivity contribution in [1.82, 2.24) is 9.80 Å². The minimum atomic E-state index is -0.450. The molecule has 0 N–H and O–H groups in total. The lowest BCUT2D eigenvalue weighted by Crippen LogP contribution is -2.54. The van der Waals surface area contributed by atoms with Crippen LogP contribution in [0.5, 0.6) is 0 Å². The zero-order valence-electron chi connectivity index (χ0n) is 21.1. The number of non-ortho nitro benzene ring substituents is 1. The summed E-state index contributed by atoms with van der Waals surface area (Å²) in [6.07, 6.45) is 4.17. The van der Waals surface area contributed by atoms with Crippen LogP contribution in [0.2, 0.25) is 0 Å². The number of amides is 2. The molecule has 0 unspecified atom stereocenters. The van der Waals surface area contributed by atoms with Gasteiger partial charge in [0.2, 0.25) is 5.91 Å². The maximum Gasteiger partial charge on any atom is 0.269 e. The number of nitro benzene ring substituents is 1. The van der Waals surface area contributed by atoms with Crippen molar-refractivity contribution in [2.75, 3.05) is 31.1 Å². The van der Waals surface area contributed by atoms with E-state index in [1.54, 1.807) is 23.5 Å². The monoisotopic (exact) mass is 530 g/mol. The Morgan fingerprint density at radius 1 is 0.921 bits per heavy atom. The molecule has 6 rings (SSSR count). The van der Waals surface area contributed by atoms with Gasteiger partial charge in [-0.2, -0.15) is 0 Å². The summed E-state index contributed by atoms with van der Waals surface area (Å²) in [5.74, 6) is -0.346. The van der Waals surface area contributed by atoms with Crippen molar-refractivity contribution in [2.24, 2.45) is 0 Å². The summed E-state index contributed by atoms with van der Waals surface area (Å²) in [5, 5.41) is 13.0. The highest BCUT2D eigenvalue weighted by atomic mass is 32.1. The average molecular weight is 531 g/mol. The van der Waals surface area contributed by atoms with E-state index >= 15 is 0 Å². The molecule has 1 aromatic heterocycles. The molecule has 1 aliphatic carbocycles. The topological polar surface area (TPSA) is 87.0 Å². The minimum absolute atomic E-state index is 0.0398. The third-order valence-corrected chi connectivity index (χ3v) is 9.15. The van der Waals surface area contributed by atoms with Crippen LogP contribution >= 0.6 is 11.3 Å². The second-order valence-electron chi connectivity index (χ2n) is 10.3. The first-order chi connectivity index (χ1) is 18.5. The van der Waals surface area contributed by atoms with Crippen molar-refractivity contribution < 1.29 is 14.5 Å². The average Bonchev–Trinajstić information content (AvgIpc) is 3.68. The van der Waals surface area contributed by atoms with Crippen LogP contribution in [-0.2, 0) is 4.79 Å². The maximum absolute atomic E-state index is 14.4. The van der Waals surface area contributed by atoms with Gasteiger partial charge in [-0.05, 0) is 48.1 Å². The number of fused-ring (bicyclic) bond motifs is 1. The number of nitrogens with zero attached hydrogens (tertiary/aromatic N) is 4. The summed E-state index contributed by atoms with van der Waals surface area (Å²) in [4.78, 5) is 46.0. The Hall–Kier alpha value is -3.72. The minimum Gasteiger partial charge on any atom is -0.368 e. The Morgan fingerprint density at radius 2 is 1.63 bits per heavy atom. The molecule has 3 heterocycles. The summed E-state index contributed by atoms with van der Waals surface area (Å²) in [5.41, 5.74) is 2.46. The molecule has 2 amide bonds. The fourth-order valence-corrected chi connectivity index (χ4v) is 7.19. The number of hydrogen-bond acceptors (Lipinski definition) is 6. The van der Waals surface area contributed by atoms with Gasteiger partial charge in [0.25, 0.3) is 11.6 Å². The fraction of sp³-hybridized carbons (Fsp3) is 0.379. The zero-order chi connectivity index (χ0) is 26.2. The van der Waals surface area contributed by atoms with E-state index < -0.39 is 10.8 Å². The maximum atomic E-state index is 14.4. The van der Waals surface area contributed by atoms with Crippen LogP contribution in [0.15, 0.2) is 66.0 Å². The molecule has 0 bridgehead atoms. The zero-order valence-corrected chi connectivity index (χ0v) is 21.9. The second kappa shape index (κ2) is 10.2. The van der Waals surface area contributed by atoms with Crippen LogP contribution in [-0.4, -0.2) is 58.8 Å². The van der Waals surface area contributed by atoms with Crippen molar-refractivity contribution in [2.45, 2.75) is 43.7 Å². The summed E-state index contributed by atoms with van der Waals surface area (Å²) in [6.45, 7) is 2.41. The standard InChI is InChI=1S/C29H30N4O4S/c34-28-24-9-4-3-8-23(24)26(27(25-10-5-19-38-25)32(28)21-6-1-2-7-21)29(35)31-17-15-30(16-18-31)20-11-13-22(14-12-20)33(36)37/h3-5,8-14,19,21,26-27H,1-2,6-7,15-18H2/t26-,27-/m0/s1. The van der Waals surface area contributed by atoms with E-state index in [0.29, 0.717) is 31.7 Å². The molecule has 0 spiro atoms. The molecule has 8 nitrogen and oxygen atoms in total. The largest absolute Gasteiger partial charge is 0.368 e. The normalized spacial score (nSPS) is 22.0. The highest BCUT2D eigenvalue weighted by Crippen LogP contribution is 2.48. The fourth-order valence-electron chi connectivity index (χ4n) is 6.33. The van der Waals surface area contributed by atoms with Crippen molar-refractivity contribution in [3.63, 3.8) is 0 Å². The van der Waals surface area contributed by atoms with Gasteiger partial charge in [0, 0.05) is 60.5 Å². The molecule has 9 heteroatoms. The predicted octanol–water partition coefficient (Wildman–Crippen LogP) is 5.23. The number of nitro groups is 1. The van der Waals surface area contributed by atoms with E-state index in [1.165, 1.54) is 12.1 Å². The lowest BCUT2D eigenvalue weighted by molar-refractivity contribution is -0.384. The van der Waals surface area contributed by atoms with E-state index in [2.05, 4.69) is 11.0 Å². The van der Waals surface area contributed by atoms with Gasteiger partial charge in [0.1, 0.15) is 0 Å². The van der Waals surface area contributed by atoms with E-state index in [-0.39, 0.29) is 29.6 Å². The Balaban J connectivity index is 1.29. The molecular weight excluding hydrogens is 500 g/mol. The van der Waals surface area contributed by atoms with Crippen molar-refractivity contribution in [1.29, 1.82) is 0 Å².